The topological polar surface area (TPSA) is 41.8 Å². The molecule has 2 aliphatic heterocycles. The van der Waals surface area contributed by atoms with E-state index in [1.165, 1.54) is 38.8 Å². The third-order valence-electron chi connectivity index (χ3n) is 5.02. The van der Waals surface area contributed by atoms with Crippen molar-refractivity contribution in [1.82, 2.24) is 24.2 Å². The number of hydrogen-bond acceptors (Lipinski definition) is 3. The molecule has 2 aliphatic rings. The summed E-state index contributed by atoms with van der Waals surface area (Å²) in [6.45, 7) is 4.51. The van der Waals surface area contributed by atoms with Gasteiger partial charge in [0.2, 0.25) is 0 Å². The standard InChI is InChI=1S/C14H21N5S/c1-9-12-13(17(2)16-9)19(14(20)15-12)11-6-8-18-7-4-3-5-10(11)18/h10-11H,3-8H2,1-2H3,(H,15,20). The molecule has 0 aliphatic carbocycles. The van der Waals surface area contributed by atoms with Gasteiger partial charge in [0.05, 0.1) is 11.7 Å². The van der Waals surface area contributed by atoms with Crippen molar-refractivity contribution in [3.05, 3.63) is 10.5 Å². The van der Waals surface area contributed by atoms with Crippen LogP contribution in [0.3, 0.4) is 0 Å². The number of fused-ring (bicyclic) bond motifs is 2. The fourth-order valence-electron chi connectivity index (χ4n) is 4.16. The van der Waals surface area contributed by atoms with Crippen LogP contribution in [-0.2, 0) is 7.05 Å². The number of H-pyrrole nitrogens is 1. The van der Waals surface area contributed by atoms with Crippen LogP contribution in [0.15, 0.2) is 0 Å². The summed E-state index contributed by atoms with van der Waals surface area (Å²) < 4.78 is 5.16. The summed E-state index contributed by atoms with van der Waals surface area (Å²) in [6, 6.07) is 1.16. The molecule has 4 rings (SSSR count). The molecule has 4 heterocycles. The molecule has 5 nitrogen and oxygen atoms in total. The summed E-state index contributed by atoms with van der Waals surface area (Å²) in [4.78, 5) is 6.02. The molecule has 2 atom stereocenters. The van der Waals surface area contributed by atoms with Crippen LogP contribution in [0.5, 0.6) is 0 Å². The first-order valence-electron chi connectivity index (χ1n) is 7.54. The maximum atomic E-state index is 5.60. The molecule has 0 amide bonds. The first-order chi connectivity index (χ1) is 9.66. The summed E-state index contributed by atoms with van der Waals surface area (Å²) >= 11 is 5.60. The zero-order valence-electron chi connectivity index (χ0n) is 12.1. The van der Waals surface area contributed by atoms with Gasteiger partial charge in [-0.05, 0) is 44.9 Å². The lowest BCUT2D eigenvalue weighted by Crippen LogP contribution is -2.37. The van der Waals surface area contributed by atoms with E-state index in [1.54, 1.807) is 0 Å². The van der Waals surface area contributed by atoms with Gasteiger partial charge in [-0.1, -0.05) is 6.42 Å². The Morgan fingerprint density at radius 1 is 1.20 bits per heavy atom. The lowest BCUT2D eigenvalue weighted by atomic mass is 9.99. The normalized spacial score (nSPS) is 27.3. The molecule has 6 heteroatoms. The molecule has 0 saturated carbocycles. The van der Waals surface area contributed by atoms with Crippen molar-refractivity contribution in [2.24, 2.45) is 7.05 Å². The van der Waals surface area contributed by atoms with Gasteiger partial charge in [-0.25, -0.2) is 0 Å². The zero-order valence-corrected chi connectivity index (χ0v) is 12.9. The van der Waals surface area contributed by atoms with Gasteiger partial charge in [-0.2, -0.15) is 5.10 Å². The Kier molecular flexibility index (Phi) is 2.79. The van der Waals surface area contributed by atoms with E-state index < -0.39 is 0 Å². The van der Waals surface area contributed by atoms with Gasteiger partial charge in [-0.3, -0.25) is 14.1 Å². The third kappa shape index (κ3) is 1.64. The number of aromatic amines is 1. The molecule has 0 aromatic carbocycles. The van der Waals surface area contributed by atoms with Crippen LogP contribution in [0.4, 0.5) is 0 Å². The van der Waals surface area contributed by atoms with E-state index in [0.717, 1.165) is 21.6 Å². The second kappa shape index (κ2) is 4.43. The summed E-state index contributed by atoms with van der Waals surface area (Å²) in [5.74, 6) is 0. The number of hydrogen-bond donors (Lipinski definition) is 1. The number of aromatic nitrogens is 4. The van der Waals surface area contributed by atoms with Gasteiger partial charge in [0, 0.05) is 19.6 Å². The maximum absolute atomic E-state index is 5.60. The highest BCUT2D eigenvalue weighted by Gasteiger charge is 2.38. The smallest absolute Gasteiger partial charge is 0.179 e. The second-order valence-electron chi connectivity index (χ2n) is 6.16. The first kappa shape index (κ1) is 12.6. The van der Waals surface area contributed by atoms with E-state index in [0.29, 0.717) is 12.1 Å². The number of rotatable bonds is 1. The average Bonchev–Trinajstić information content (AvgIpc) is 3.06. The lowest BCUT2D eigenvalue weighted by Gasteiger charge is -2.32. The molecule has 2 unspecified atom stereocenters. The summed E-state index contributed by atoms with van der Waals surface area (Å²) in [5, 5.41) is 4.53. The van der Waals surface area contributed by atoms with Crippen LogP contribution < -0.4 is 0 Å². The van der Waals surface area contributed by atoms with Crippen molar-refractivity contribution in [3.8, 4) is 0 Å². The minimum Gasteiger partial charge on any atom is -0.328 e. The molecular formula is C14H21N5S. The minimum atomic E-state index is 0.506. The van der Waals surface area contributed by atoms with Crippen molar-refractivity contribution >= 4 is 23.4 Å². The van der Waals surface area contributed by atoms with Gasteiger partial charge in [0.15, 0.2) is 10.4 Å². The van der Waals surface area contributed by atoms with Crippen LogP contribution in [0.1, 0.15) is 37.4 Å². The van der Waals surface area contributed by atoms with Gasteiger partial charge in [0.1, 0.15) is 5.52 Å². The van der Waals surface area contributed by atoms with Crippen LogP contribution in [0.25, 0.3) is 11.2 Å². The predicted molar refractivity (Wildman–Crippen MR) is 81.5 cm³/mol. The first-order valence-corrected chi connectivity index (χ1v) is 7.95. The van der Waals surface area contributed by atoms with Crippen molar-refractivity contribution in [2.75, 3.05) is 13.1 Å². The van der Waals surface area contributed by atoms with E-state index in [-0.39, 0.29) is 0 Å². The third-order valence-corrected chi connectivity index (χ3v) is 5.32. The highest BCUT2D eigenvalue weighted by molar-refractivity contribution is 7.71. The van der Waals surface area contributed by atoms with E-state index >= 15 is 0 Å². The largest absolute Gasteiger partial charge is 0.328 e. The Hall–Kier alpha value is -1.14. The van der Waals surface area contributed by atoms with E-state index in [1.807, 2.05) is 18.7 Å². The molecule has 2 fully saturated rings. The number of piperidine rings is 1. The fraction of sp³-hybridized carbons (Fsp3) is 0.714. The minimum absolute atomic E-state index is 0.506. The van der Waals surface area contributed by atoms with E-state index in [2.05, 4.69) is 19.5 Å². The predicted octanol–water partition coefficient (Wildman–Crippen LogP) is 2.54. The number of aryl methyl sites for hydroxylation is 2. The number of nitrogens with zero attached hydrogens (tertiary/aromatic N) is 4. The lowest BCUT2D eigenvalue weighted by molar-refractivity contribution is 0.174. The fourth-order valence-corrected chi connectivity index (χ4v) is 4.49. The van der Waals surface area contributed by atoms with E-state index in [9.17, 15) is 0 Å². The van der Waals surface area contributed by atoms with Crippen molar-refractivity contribution in [2.45, 2.75) is 44.7 Å². The molecule has 0 spiro atoms. The molecule has 1 N–H and O–H groups in total. The molecule has 2 aromatic heterocycles. The van der Waals surface area contributed by atoms with Crippen molar-refractivity contribution in [1.29, 1.82) is 0 Å². The molecule has 0 bridgehead atoms. The highest BCUT2D eigenvalue weighted by Crippen LogP contribution is 2.37. The maximum Gasteiger partial charge on any atom is 0.179 e. The Morgan fingerprint density at radius 3 is 2.90 bits per heavy atom. The molecule has 2 saturated heterocycles. The van der Waals surface area contributed by atoms with Gasteiger partial charge < -0.3 is 4.98 Å². The molecule has 2 aromatic rings. The highest BCUT2D eigenvalue weighted by atomic mass is 32.1. The van der Waals surface area contributed by atoms with Crippen LogP contribution in [0, 0.1) is 11.7 Å². The molecule has 0 radical (unpaired) electrons. The summed E-state index contributed by atoms with van der Waals surface area (Å²) in [7, 11) is 2.02. The number of nitrogens with one attached hydrogen (secondary N) is 1. The monoisotopic (exact) mass is 291 g/mol. The van der Waals surface area contributed by atoms with Gasteiger partial charge in [-0.15, -0.1) is 0 Å². The Bertz CT molecular complexity index is 709. The zero-order chi connectivity index (χ0) is 13.9. The Labute approximate surface area is 123 Å². The summed E-state index contributed by atoms with van der Waals surface area (Å²) in [5.41, 5.74) is 3.29. The second-order valence-corrected chi connectivity index (χ2v) is 6.55. The van der Waals surface area contributed by atoms with Crippen molar-refractivity contribution in [3.63, 3.8) is 0 Å². The molecule has 20 heavy (non-hydrogen) atoms. The molecule has 108 valence electrons. The quantitative estimate of drug-likeness (QED) is 0.821. The van der Waals surface area contributed by atoms with Crippen LogP contribution in [0.2, 0.25) is 0 Å². The Balaban J connectivity index is 1.86. The average molecular weight is 291 g/mol. The number of imidazole rings is 1. The Morgan fingerprint density at radius 2 is 2.05 bits per heavy atom. The van der Waals surface area contributed by atoms with Gasteiger partial charge in [0.25, 0.3) is 0 Å². The van der Waals surface area contributed by atoms with Gasteiger partial charge >= 0.3 is 0 Å². The van der Waals surface area contributed by atoms with Crippen LogP contribution >= 0.6 is 12.2 Å². The SMILES string of the molecule is Cc1nn(C)c2c1[nH]c(=S)n2C1CCN2CCCCC12. The summed E-state index contributed by atoms with van der Waals surface area (Å²) in [6.07, 6.45) is 5.21. The van der Waals surface area contributed by atoms with Crippen molar-refractivity contribution < 1.29 is 0 Å². The molecular weight excluding hydrogens is 270 g/mol. The van der Waals surface area contributed by atoms with E-state index in [4.69, 9.17) is 12.2 Å². The van der Waals surface area contributed by atoms with Crippen LogP contribution in [-0.4, -0.2) is 43.4 Å².